The quantitative estimate of drug-likeness (QED) is 0.826. The Kier molecular flexibility index (Phi) is 5.09. The fourth-order valence-electron chi connectivity index (χ4n) is 3.18. The van der Waals surface area contributed by atoms with Gasteiger partial charge in [-0.3, -0.25) is 4.79 Å². The molecule has 1 heterocycles. The molecule has 1 fully saturated rings. The van der Waals surface area contributed by atoms with E-state index < -0.39 is 0 Å². The molecule has 0 aromatic carbocycles. The molecule has 0 saturated heterocycles. The predicted molar refractivity (Wildman–Crippen MR) is 89.1 cm³/mol. The Hall–Kier alpha value is -1.58. The van der Waals surface area contributed by atoms with E-state index >= 15 is 0 Å². The highest BCUT2D eigenvalue weighted by Gasteiger charge is 2.30. The number of carbonyl (C=O) groups is 1. The average Bonchev–Trinajstić information content (AvgIpc) is 2.84. The molecule has 1 N–H and O–H groups in total. The number of hydrogen-bond acceptors (Lipinski definition) is 3. The normalized spacial score (nSPS) is 19.1. The van der Waals surface area contributed by atoms with Crippen molar-refractivity contribution in [2.45, 2.75) is 66.7 Å². The van der Waals surface area contributed by atoms with Crippen LogP contribution in [0.5, 0.6) is 0 Å². The number of aryl methyl sites for hydroxylation is 2. The maximum Gasteiger partial charge on any atom is 0.274 e. The summed E-state index contributed by atoms with van der Waals surface area (Å²) in [4.78, 5) is 12.1. The van der Waals surface area contributed by atoms with E-state index in [1.54, 1.807) is 13.0 Å². The predicted octanol–water partition coefficient (Wildman–Crippen LogP) is 4.61. The molecule has 1 aromatic rings. The summed E-state index contributed by atoms with van der Waals surface area (Å²) in [5, 5.41) is 4.33. The van der Waals surface area contributed by atoms with Crippen LogP contribution in [0.2, 0.25) is 0 Å². The summed E-state index contributed by atoms with van der Waals surface area (Å²) >= 11 is 0. The van der Waals surface area contributed by atoms with Gasteiger partial charge in [-0.1, -0.05) is 27.2 Å². The van der Waals surface area contributed by atoms with Gasteiger partial charge in [0, 0.05) is 5.71 Å². The van der Waals surface area contributed by atoms with Gasteiger partial charge in [-0.15, -0.1) is 0 Å². The van der Waals surface area contributed by atoms with Gasteiger partial charge in [0.1, 0.15) is 11.5 Å². The van der Waals surface area contributed by atoms with Gasteiger partial charge in [-0.25, -0.2) is 5.43 Å². The van der Waals surface area contributed by atoms with E-state index in [2.05, 4.69) is 31.3 Å². The second-order valence-electron chi connectivity index (χ2n) is 7.06. The van der Waals surface area contributed by atoms with Gasteiger partial charge in [0.2, 0.25) is 0 Å². The van der Waals surface area contributed by atoms with Crippen LogP contribution in [0.4, 0.5) is 0 Å². The first-order chi connectivity index (χ1) is 10.3. The van der Waals surface area contributed by atoms with Crippen LogP contribution in [0.1, 0.15) is 74.8 Å². The van der Waals surface area contributed by atoms with Gasteiger partial charge in [0.05, 0.1) is 5.56 Å². The molecular formula is C18H28N2O2. The third-order valence-corrected chi connectivity index (χ3v) is 5.18. The van der Waals surface area contributed by atoms with E-state index in [0.717, 1.165) is 30.2 Å². The van der Waals surface area contributed by atoms with E-state index in [9.17, 15) is 4.79 Å². The molecule has 0 bridgehead atoms. The fourth-order valence-corrected chi connectivity index (χ4v) is 3.18. The topological polar surface area (TPSA) is 54.6 Å². The lowest BCUT2D eigenvalue weighted by Crippen LogP contribution is -2.29. The number of hydrogen-bond donors (Lipinski definition) is 1. The zero-order valence-electron chi connectivity index (χ0n) is 14.5. The van der Waals surface area contributed by atoms with Crippen LogP contribution in [0, 0.1) is 25.2 Å². The standard InChI is InChI=1S/C18H28N2O2/c1-6-18(4,5)14-7-9-15(10-8-14)19-20-17(21)16-11-12(2)22-13(16)3/h11,14H,6-10H2,1-5H3,(H,20,21). The van der Waals surface area contributed by atoms with Crippen molar-refractivity contribution < 1.29 is 9.21 Å². The van der Waals surface area contributed by atoms with E-state index in [0.29, 0.717) is 16.7 Å². The Balaban J connectivity index is 1.91. The Bertz CT molecular complexity index is 560. The van der Waals surface area contributed by atoms with Gasteiger partial charge < -0.3 is 4.42 Å². The van der Waals surface area contributed by atoms with Crippen molar-refractivity contribution in [3.05, 3.63) is 23.2 Å². The maximum absolute atomic E-state index is 12.1. The average molecular weight is 304 g/mol. The Morgan fingerprint density at radius 2 is 2.00 bits per heavy atom. The molecular weight excluding hydrogens is 276 g/mol. The van der Waals surface area contributed by atoms with Crippen LogP contribution in [0.15, 0.2) is 15.6 Å². The van der Waals surface area contributed by atoms with E-state index in [1.807, 2.05) is 6.92 Å². The highest BCUT2D eigenvalue weighted by Crippen LogP contribution is 2.39. The van der Waals surface area contributed by atoms with Crippen LogP contribution >= 0.6 is 0 Å². The monoisotopic (exact) mass is 304 g/mol. The molecule has 1 aliphatic carbocycles. The number of nitrogens with one attached hydrogen (secondary N) is 1. The van der Waals surface area contributed by atoms with Crippen molar-refractivity contribution in [3.8, 4) is 0 Å². The fraction of sp³-hybridized carbons (Fsp3) is 0.667. The van der Waals surface area contributed by atoms with E-state index in [4.69, 9.17) is 4.42 Å². The van der Waals surface area contributed by atoms with Crippen molar-refractivity contribution in [3.63, 3.8) is 0 Å². The maximum atomic E-state index is 12.1. The number of nitrogens with zero attached hydrogens (tertiary/aromatic N) is 1. The van der Waals surface area contributed by atoms with Crippen molar-refractivity contribution in [1.29, 1.82) is 0 Å². The minimum Gasteiger partial charge on any atom is -0.466 e. The first-order valence-electron chi connectivity index (χ1n) is 8.26. The smallest absolute Gasteiger partial charge is 0.274 e. The summed E-state index contributed by atoms with van der Waals surface area (Å²) in [5.41, 5.74) is 4.76. The molecule has 1 aliphatic rings. The third kappa shape index (κ3) is 3.79. The van der Waals surface area contributed by atoms with Crippen molar-refractivity contribution in [1.82, 2.24) is 5.43 Å². The molecule has 122 valence electrons. The molecule has 2 rings (SSSR count). The number of carbonyl (C=O) groups excluding carboxylic acids is 1. The number of amides is 1. The lowest BCUT2D eigenvalue weighted by atomic mass is 9.69. The summed E-state index contributed by atoms with van der Waals surface area (Å²) in [6.07, 6.45) is 5.51. The minimum absolute atomic E-state index is 0.183. The number of rotatable bonds is 4. The molecule has 4 heteroatoms. The van der Waals surface area contributed by atoms with Crippen molar-refractivity contribution >= 4 is 11.6 Å². The third-order valence-electron chi connectivity index (χ3n) is 5.18. The van der Waals surface area contributed by atoms with Crippen LogP contribution in [-0.2, 0) is 0 Å². The van der Waals surface area contributed by atoms with E-state index in [1.165, 1.54) is 19.3 Å². The molecule has 0 spiro atoms. The lowest BCUT2D eigenvalue weighted by Gasteiger charge is -2.36. The number of hydrazone groups is 1. The summed E-state index contributed by atoms with van der Waals surface area (Å²) < 4.78 is 5.38. The van der Waals surface area contributed by atoms with Gasteiger partial charge in [0.15, 0.2) is 0 Å². The summed E-state index contributed by atoms with van der Waals surface area (Å²) in [5.74, 6) is 1.96. The SMILES string of the molecule is CCC(C)(C)C1CCC(=NNC(=O)c2cc(C)oc2C)CC1. The van der Waals surface area contributed by atoms with Crippen LogP contribution in [0.25, 0.3) is 0 Å². The molecule has 1 saturated carbocycles. The summed E-state index contributed by atoms with van der Waals surface area (Å²) in [7, 11) is 0. The highest BCUT2D eigenvalue weighted by molar-refractivity contribution is 5.96. The van der Waals surface area contributed by atoms with Crippen LogP contribution in [0.3, 0.4) is 0 Å². The Labute approximate surface area is 133 Å². The molecule has 0 radical (unpaired) electrons. The molecule has 1 aromatic heterocycles. The first kappa shape index (κ1) is 16.8. The van der Waals surface area contributed by atoms with Crippen molar-refractivity contribution in [2.24, 2.45) is 16.4 Å². The Morgan fingerprint density at radius 3 is 2.50 bits per heavy atom. The first-order valence-corrected chi connectivity index (χ1v) is 8.26. The molecule has 0 aliphatic heterocycles. The van der Waals surface area contributed by atoms with Crippen molar-refractivity contribution in [2.75, 3.05) is 0 Å². The van der Waals surface area contributed by atoms with Gasteiger partial charge in [-0.2, -0.15) is 5.10 Å². The number of furan rings is 1. The minimum atomic E-state index is -0.183. The largest absolute Gasteiger partial charge is 0.466 e. The second kappa shape index (κ2) is 6.67. The zero-order chi connectivity index (χ0) is 16.3. The molecule has 4 nitrogen and oxygen atoms in total. The van der Waals surface area contributed by atoms with Crippen LogP contribution < -0.4 is 5.43 Å². The molecule has 0 atom stereocenters. The van der Waals surface area contributed by atoms with Gasteiger partial charge in [0.25, 0.3) is 5.91 Å². The highest BCUT2D eigenvalue weighted by atomic mass is 16.3. The van der Waals surface area contributed by atoms with Crippen LogP contribution in [-0.4, -0.2) is 11.6 Å². The van der Waals surface area contributed by atoms with E-state index in [-0.39, 0.29) is 5.91 Å². The summed E-state index contributed by atoms with van der Waals surface area (Å²) in [6.45, 7) is 10.6. The molecule has 1 amide bonds. The molecule has 22 heavy (non-hydrogen) atoms. The summed E-state index contributed by atoms with van der Waals surface area (Å²) in [6, 6.07) is 1.76. The zero-order valence-corrected chi connectivity index (χ0v) is 14.5. The second-order valence-corrected chi connectivity index (χ2v) is 7.06. The lowest BCUT2D eigenvalue weighted by molar-refractivity contribution is 0.0952. The molecule has 0 unspecified atom stereocenters. The Morgan fingerprint density at radius 1 is 1.36 bits per heavy atom. The van der Waals surface area contributed by atoms with Gasteiger partial charge in [-0.05, 0) is 56.9 Å². The van der Waals surface area contributed by atoms with Gasteiger partial charge >= 0.3 is 0 Å².